The molecule has 0 atom stereocenters. The Kier molecular flexibility index (Phi) is 7.20. The van der Waals surface area contributed by atoms with E-state index in [2.05, 4.69) is 52.1 Å². The highest BCUT2D eigenvalue weighted by Gasteiger charge is 2.11. The van der Waals surface area contributed by atoms with Crippen molar-refractivity contribution in [1.29, 1.82) is 0 Å². The average Bonchev–Trinajstić information content (AvgIpc) is 2.38. The van der Waals surface area contributed by atoms with Crippen molar-refractivity contribution >= 4 is 0 Å². The Morgan fingerprint density at radius 1 is 1.00 bits per heavy atom. The molecule has 3 nitrogen and oxygen atoms in total. The molecule has 0 amide bonds. The van der Waals surface area contributed by atoms with Crippen LogP contribution in [0.3, 0.4) is 0 Å². The second kappa shape index (κ2) is 8.40. The van der Waals surface area contributed by atoms with Gasteiger partial charge in [-0.3, -0.25) is 0 Å². The number of aryl methyl sites for hydroxylation is 2. The summed E-state index contributed by atoms with van der Waals surface area (Å²) in [6, 6.07) is 4.44. The van der Waals surface area contributed by atoms with Crippen LogP contribution in [0.2, 0.25) is 0 Å². The first kappa shape index (κ1) is 18.0. The molecule has 1 N–H and O–H groups in total. The molecule has 0 aliphatic rings. The van der Waals surface area contributed by atoms with Crippen LogP contribution in [-0.4, -0.2) is 25.9 Å². The summed E-state index contributed by atoms with van der Waals surface area (Å²) in [7, 11) is 1.74. The monoisotopic (exact) mass is 293 g/mol. The summed E-state index contributed by atoms with van der Waals surface area (Å²) in [6.07, 6.45) is 2.07. The van der Waals surface area contributed by atoms with Crippen molar-refractivity contribution in [1.82, 2.24) is 5.32 Å². The maximum Gasteiger partial charge on any atom is 0.125 e. The van der Waals surface area contributed by atoms with E-state index in [0.717, 1.165) is 38.3 Å². The Bertz CT molecular complexity index is 412. The molecular formula is C18H31NO2. The molecule has 0 saturated carbocycles. The van der Waals surface area contributed by atoms with E-state index in [9.17, 15) is 0 Å². The van der Waals surface area contributed by atoms with Gasteiger partial charge in [-0.05, 0) is 64.2 Å². The summed E-state index contributed by atoms with van der Waals surface area (Å²) < 4.78 is 11.0. The van der Waals surface area contributed by atoms with Crippen LogP contribution in [0.15, 0.2) is 12.1 Å². The fourth-order valence-corrected chi connectivity index (χ4v) is 2.26. The first-order chi connectivity index (χ1) is 9.83. The van der Waals surface area contributed by atoms with Crippen LogP contribution in [-0.2, 0) is 11.3 Å². The van der Waals surface area contributed by atoms with Gasteiger partial charge in [-0.25, -0.2) is 0 Å². The maximum atomic E-state index is 5.94. The molecule has 3 heteroatoms. The van der Waals surface area contributed by atoms with Gasteiger partial charge in [0, 0.05) is 25.8 Å². The molecule has 0 fully saturated rings. The quantitative estimate of drug-likeness (QED) is 0.735. The molecule has 0 spiro atoms. The summed E-state index contributed by atoms with van der Waals surface area (Å²) in [5.41, 5.74) is 3.88. The minimum Gasteiger partial charge on any atom is -0.493 e. The third-order valence-electron chi connectivity index (χ3n) is 3.33. The lowest BCUT2D eigenvalue weighted by atomic mass is 10.0. The Labute approximate surface area is 130 Å². The molecule has 21 heavy (non-hydrogen) atoms. The Morgan fingerprint density at radius 3 is 2.10 bits per heavy atom. The van der Waals surface area contributed by atoms with Crippen molar-refractivity contribution in [3.63, 3.8) is 0 Å². The molecular weight excluding hydrogens is 262 g/mol. The third kappa shape index (κ3) is 6.96. The van der Waals surface area contributed by atoms with Crippen LogP contribution in [0.25, 0.3) is 0 Å². The zero-order valence-corrected chi connectivity index (χ0v) is 14.5. The summed E-state index contributed by atoms with van der Waals surface area (Å²) in [4.78, 5) is 0. The highest BCUT2D eigenvalue weighted by molar-refractivity contribution is 5.43. The van der Waals surface area contributed by atoms with Gasteiger partial charge in [0.25, 0.3) is 0 Å². The summed E-state index contributed by atoms with van der Waals surface area (Å²) in [5, 5.41) is 3.52. The van der Waals surface area contributed by atoms with Crippen molar-refractivity contribution in [2.75, 3.05) is 20.3 Å². The molecule has 120 valence electrons. The van der Waals surface area contributed by atoms with E-state index in [1.54, 1.807) is 7.11 Å². The minimum atomic E-state index is 0.137. The van der Waals surface area contributed by atoms with Gasteiger partial charge >= 0.3 is 0 Å². The lowest BCUT2D eigenvalue weighted by molar-refractivity contribution is 0.184. The Morgan fingerprint density at radius 2 is 1.57 bits per heavy atom. The summed E-state index contributed by atoms with van der Waals surface area (Å²) in [6.45, 7) is 13.2. The predicted octanol–water partition coefficient (Wildman–Crippen LogP) is 4.00. The molecule has 0 aliphatic heterocycles. The highest BCUT2D eigenvalue weighted by Crippen LogP contribution is 2.25. The normalized spacial score (nSPS) is 11.7. The van der Waals surface area contributed by atoms with Crippen LogP contribution in [0.5, 0.6) is 5.75 Å². The molecule has 0 saturated heterocycles. The number of hydrogen-bond donors (Lipinski definition) is 1. The van der Waals surface area contributed by atoms with Crippen molar-refractivity contribution < 1.29 is 9.47 Å². The zero-order chi connectivity index (χ0) is 15.9. The number of benzene rings is 1. The summed E-state index contributed by atoms with van der Waals surface area (Å²) >= 11 is 0. The lowest BCUT2D eigenvalue weighted by Gasteiger charge is -2.21. The number of nitrogens with one attached hydrogen (secondary N) is 1. The molecule has 1 rings (SSSR count). The summed E-state index contributed by atoms with van der Waals surface area (Å²) in [5.74, 6) is 1.03. The van der Waals surface area contributed by atoms with Gasteiger partial charge in [0.1, 0.15) is 5.75 Å². The van der Waals surface area contributed by atoms with Gasteiger partial charge in [-0.1, -0.05) is 12.1 Å². The first-order valence-electron chi connectivity index (χ1n) is 7.80. The molecule has 0 aliphatic carbocycles. The molecule has 1 aromatic rings. The van der Waals surface area contributed by atoms with Crippen LogP contribution in [0.1, 0.15) is 50.3 Å². The van der Waals surface area contributed by atoms with Crippen molar-refractivity contribution in [2.24, 2.45) is 0 Å². The van der Waals surface area contributed by atoms with E-state index in [1.165, 1.54) is 16.7 Å². The molecule has 0 heterocycles. The van der Waals surface area contributed by atoms with Gasteiger partial charge in [0.15, 0.2) is 0 Å². The van der Waals surface area contributed by atoms with Crippen LogP contribution >= 0.6 is 0 Å². The van der Waals surface area contributed by atoms with Gasteiger partial charge in [0.05, 0.1) is 6.61 Å². The topological polar surface area (TPSA) is 30.5 Å². The number of ether oxygens (including phenoxy) is 2. The fourth-order valence-electron chi connectivity index (χ4n) is 2.26. The Balaban J connectivity index is 2.58. The standard InChI is InChI=1S/C18H31NO2/c1-14-11-16(13-19-18(3,4)5)12-15(2)17(14)21-10-8-7-9-20-6/h11-12,19H,7-10,13H2,1-6H3. The number of hydrogen-bond acceptors (Lipinski definition) is 3. The van der Waals surface area contributed by atoms with E-state index in [0.29, 0.717) is 0 Å². The first-order valence-corrected chi connectivity index (χ1v) is 7.80. The second-order valence-corrected chi connectivity index (χ2v) is 6.71. The van der Waals surface area contributed by atoms with Gasteiger partial charge in [-0.2, -0.15) is 0 Å². The number of methoxy groups -OCH3 is 1. The van der Waals surface area contributed by atoms with Crippen LogP contribution in [0.4, 0.5) is 0 Å². The van der Waals surface area contributed by atoms with E-state index >= 15 is 0 Å². The highest BCUT2D eigenvalue weighted by atomic mass is 16.5. The largest absolute Gasteiger partial charge is 0.493 e. The maximum absolute atomic E-state index is 5.94. The lowest BCUT2D eigenvalue weighted by Crippen LogP contribution is -2.35. The van der Waals surface area contributed by atoms with Gasteiger partial charge < -0.3 is 14.8 Å². The second-order valence-electron chi connectivity index (χ2n) is 6.71. The Hall–Kier alpha value is -1.06. The van der Waals surface area contributed by atoms with Crippen LogP contribution in [0, 0.1) is 13.8 Å². The molecule has 0 unspecified atom stereocenters. The minimum absolute atomic E-state index is 0.137. The van der Waals surface area contributed by atoms with Crippen LogP contribution < -0.4 is 10.1 Å². The molecule has 0 aromatic heterocycles. The van der Waals surface area contributed by atoms with Crippen molar-refractivity contribution in [2.45, 2.75) is 59.5 Å². The van der Waals surface area contributed by atoms with Gasteiger partial charge in [-0.15, -0.1) is 0 Å². The SMILES string of the molecule is COCCCCOc1c(C)cc(CNC(C)(C)C)cc1C. The molecule has 0 radical (unpaired) electrons. The third-order valence-corrected chi connectivity index (χ3v) is 3.33. The van der Waals surface area contributed by atoms with E-state index < -0.39 is 0 Å². The van der Waals surface area contributed by atoms with Gasteiger partial charge in [0.2, 0.25) is 0 Å². The number of unbranched alkanes of at least 4 members (excludes halogenated alkanes) is 1. The predicted molar refractivity (Wildman–Crippen MR) is 89.1 cm³/mol. The fraction of sp³-hybridized carbons (Fsp3) is 0.667. The number of rotatable bonds is 8. The van der Waals surface area contributed by atoms with E-state index in [1.807, 2.05) is 0 Å². The zero-order valence-electron chi connectivity index (χ0n) is 14.5. The average molecular weight is 293 g/mol. The van der Waals surface area contributed by atoms with Crippen molar-refractivity contribution in [3.8, 4) is 5.75 Å². The van der Waals surface area contributed by atoms with E-state index in [-0.39, 0.29) is 5.54 Å². The molecule has 1 aromatic carbocycles. The smallest absolute Gasteiger partial charge is 0.125 e. The molecule has 0 bridgehead atoms. The van der Waals surface area contributed by atoms with Crippen molar-refractivity contribution in [3.05, 3.63) is 28.8 Å². The van der Waals surface area contributed by atoms with E-state index in [4.69, 9.17) is 9.47 Å².